The quantitative estimate of drug-likeness (QED) is 0.528. The average Bonchev–Trinajstić information content (AvgIpc) is 3.40. The van der Waals surface area contributed by atoms with Gasteiger partial charge in [0.15, 0.2) is 11.5 Å². The highest BCUT2D eigenvalue weighted by Crippen LogP contribution is 2.27. The monoisotopic (exact) mass is 378 g/mol. The first-order valence-electron chi connectivity index (χ1n) is 8.32. The molecule has 0 aliphatic carbocycles. The molecule has 0 saturated carbocycles. The number of nitrogens with one attached hydrogen (secondary N) is 1. The first-order valence-corrected chi connectivity index (χ1v) is 9.20. The third-order valence-electron chi connectivity index (χ3n) is 4.11. The van der Waals surface area contributed by atoms with E-state index in [2.05, 4.69) is 10.5 Å². The average molecular weight is 378 g/mol. The van der Waals surface area contributed by atoms with Gasteiger partial charge in [0, 0.05) is 16.5 Å². The third-order valence-corrected chi connectivity index (χ3v) is 5.04. The third kappa shape index (κ3) is 3.80. The van der Waals surface area contributed by atoms with Crippen molar-refractivity contribution in [3.8, 4) is 11.3 Å². The van der Waals surface area contributed by atoms with Gasteiger partial charge in [-0.15, -0.1) is 11.3 Å². The number of thiophene rings is 1. The Morgan fingerprint density at radius 3 is 2.52 bits per heavy atom. The normalized spacial score (nSPS) is 11.9. The number of benzene rings is 2. The zero-order valence-corrected chi connectivity index (χ0v) is 14.9. The molecule has 0 aliphatic rings. The van der Waals surface area contributed by atoms with Gasteiger partial charge < -0.3 is 9.84 Å². The Hall–Kier alpha value is -3.25. The van der Waals surface area contributed by atoms with Crippen molar-refractivity contribution in [3.05, 3.63) is 100 Å². The molecule has 1 N–H and O–H groups in total. The van der Waals surface area contributed by atoms with E-state index < -0.39 is 6.04 Å². The molecule has 4 rings (SSSR count). The van der Waals surface area contributed by atoms with Crippen molar-refractivity contribution in [2.45, 2.75) is 6.04 Å². The van der Waals surface area contributed by atoms with E-state index in [0.717, 1.165) is 16.0 Å². The molecule has 4 nitrogen and oxygen atoms in total. The highest BCUT2D eigenvalue weighted by Gasteiger charge is 2.21. The van der Waals surface area contributed by atoms with Crippen molar-refractivity contribution in [1.29, 1.82) is 0 Å². The van der Waals surface area contributed by atoms with E-state index >= 15 is 0 Å². The second kappa shape index (κ2) is 7.55. The Kier molecular flexibility index (Phi) is 4.80. The molecule has 2 heterocycles. The lowest BCUT2D eigenvalue weighted by molar-refractivity contribution is 0.0934. The number of aromatic nitrogens is 1. The molecule has 6 heteroatoms. The van der Waals surface area contributed by atoms with Crippen molar-refractivity contribution >= 4 is 17.2 Å². The van der Waals surface area contributed by atoms with Crippen LogP contribution in [-0.4, -0.2) is 11.1 Å². The molecule has 0 spiro atoms. The Labute approximate surface area is 159 Å². The highest BCUT2D eigenvalue weighted by atomic mass is 32.1. The maximum atomic E-state index is 13.3. The molecule has 27 heavy (non-hydrogen) atoms. The Bertz CT molecular complexity index is 1030. The maximum Gasteiger partial charge on any atom is 0.274 e. The Balaban J connectivity index is 1.59. The summed E-state index contributed by atoms with van der Waals surface area (Å²) in [7, 11) is 0. The molecule has 1 unspecified atom stereocenters. The van der Waals surface area contributed by atoms with E-state index in [4.69, 9.17) is 4.52 Å². The number of hydrogen-bond acceptors (Lipinski definition) is 4. The predicted octanol–water partition coefficient (Wildman–Crippen LogP) is 5.06. The fraction of sp³-hybridized carbons (Fsp3) is 0.0476. The zero-order valence-electron chi connectivity index (χ0n) is 14.1. The second-order valence-electron chi connectivity index (χ2n) is 5.92. The van der Waals surface area contributed by atoms with Gasteiger partial charge >= 0.3 is 0 Å². The van der Waals surface area contributed by atoms with Gasteiger partial charge in [0.2, 0.25) is 0 Å². The largest absolute Gasteiger partial charge is 0.355 e. The van der Waals surface area contributed by atoms with Crippen LogP contribution in [0.25, 0.3) is 11.3 Å². The molecule has 0 radical (unpaired) electrons. The van der Waals surface area contributed by atoms with Crippen LogP contribution in [0.3, 0.4) is 0 Å². The maximum absolute atomic E-state index is 13.3. The van der Waals surface area contributed by atoms with Crippen LogP contribution >= 0.6 is 11.3 Å². The van der Waals surface area contributed by atoms with E-state index in [0.29, 0.717) is 5.76 Å². The number of carbonyl (C=O) groups excluding carboxylic acids is 1. The summed E-state index contributed by atoms with van der Waals surface area (Å²) in [5.41, 5.74) is 1.83. The van der Waals surface area contributed by atoms with Crippen LogP contribution in [-0.2, 0) is 0 Å². The van der Waals surface area contributed by atoms with Gasteiger partial charge in [-0.1, -0.05) is 53.7 Å². The van der Waals surface area contributed by atoms with Gasteiger partial charge in [0.05, 0.1) is 6.04 Å². The minimum atomic E-state index is -0.394. The molecular formula is C21H15FN2O2S. The van der Waals surface area contributed by atoms with E-state index in [1.165, 1.54) is 23.5 Å². The molecule has 0 aliphatic heterocycles. The summed E-state index contributed by atoms with van der Waals surface area (Å²) in [5, 5.41) is 8.79. The fourth-order valence-electron chi connectivity index (χ4n) is 2.76. The number of nitrogens with zero attached hydrogens (tertiary/aromatic N) is 1. The van der Waals surface area contributed by atoms with Crippen LogP contribution in [0.5, 0.6) is 0 Å². The van der Waals surface area contributed by atoms with E-state index in [1.807, 2.05) is 47.8 Å². The van der Waals surface area contributed by atoms with Gasteiger partial charge in [0.1, 0.15) is 5.82 Å². The lowest BCUT2D eigenvalue weighted by Gasteiger charge is -2.17. The zero-order chi connectivity index (χ0) is 18.6. The molecule has 0 fully saturated rings. The topological polar surface area (TPSA) is 55.1 Å². The van der Waals surface area contributed by atoms with E-state index in [1.54, 1.807) is 18.2 Å². The van der Waals surface area contributed by atoms with Crippen molar-refractivity contribution in [2.75, 3.05) is 0 Å². The number of hydrogen-bond donors (Lipinski definition) is 1. The van der Waals surface area contributed by atoms with Crippen LogP contribution in [0, 0.1) is 5.82 Å². The SMILES string of the molecule is O=C(NC(c1ccc(F)cc1)c1cccs1)c1cc(-c2ccccc2)on1. The minimum Gasteiger partial charge on any atom is -0.355 e. The predicted molar refractivity (Wildman–Crippen MR) is 102 cm³/mol. The first kappa shape index (κ1) is 17.2. The van der Waals surface area contributed by atoms with Crippen LogP contribution in [0.15, 0.2) is 82.7 Å². The lowest BCUT2D eigenvalue weighted by atomic mass is 10.0. The first-order chi connectivity index (χ1) is 13.2. The second-order valence-corrected chi connectivity index (χ2v) is 6.90. The molecule has 0 bridgehead atoms. The van der Waals surface area contributed by atoms with E-state index in [9.17, 15) is 9.18 Å². The summed E-state index contributed by atoms with van der Waals surface area (Å²) in [4.78, 5) is 13.7. The lowest BCUT2D eigenvalue weighted by Crippen LogP contribution is -2.29. The van der Waals surface area contributed by atoms with Gasteiger partial charge in [-0.05, 0) is 29.1 Å². The highest BCUT2D eigenvalue weighted by molar-refractivity contribution is 7.10. The van der Waals surface area contributed by atoms with Crippen molar-refractivity contribution in [3.63, 3.8) is 0 Å². The minimum absolute atomic E-state index is 0.192. The number of carbonyl (C=O) groups is 1. The molecule has 134 valence electrons. The molecule has 2 aromatic heterocycles. The molecule has 1 amide bonds. The van der Waals surface area contributed by atoms with Crippen molar-refractivity contribution < 1.29 is 13.7 Å². The summed E-state index contributed by atoms with van der Waals surface area (Å²) < 4.78 is 18.6. The molecule has 1 atom stereocenters. The fourth-order valence-corrected chi connectivity index (χ4v) is 3.56. The number of halogens is 1. The summed E-state index contributed by atoms with van der Waals surface area (Å²) in [5.74, 6) is -0.155. The summed E-state index contributed by atoms with van der Waals surface area (Å²) >= 11 is 1.52. The Morgan fingerprint density at radius 1 is 1.04 bits per heavy atom. The molecule has 2 aromatic carbocycles. The van der Waals surface area contributed by atoms with Crippen LogP contribution in [0.4, 0.5) is 4.39 Å². The number of rotatable bonds is 5. The van der Waals surface area contributed by atoms with Crippen LogP contribution < -0.4 is 5.32 Å². The Morgan fingerprint density at radius 2 is 1.81 bits per heavy atom. The standard InChI is InChI=1S/C21H15FN2O2S/c22-16-10-8-15(9-11-16)20(19-7-4-12-27-19)23-21(25)17-13-18(26-24-17)14-5-2-1-3-6-14/h1-13,20H,(H,23,25). The molecule has 4 aromatic rings. The molecular weight excluding hydrogens is 363 g/mol. The number of amides is 1. The van der Waals surface area contributed by atoms with Gasteiger partial charge in [0.25, 0.3) is 5.91 Å². The summed E-state index contributed by atoms with van der Waals surface area (Å²) in [6, 6.07) is 20.6. The van der Waals surface area contributed by atoms with Crippen LogP contribution in [0.2, 0.25) is 0 Å². The smallest absolute Gasteiger partial charge is 0.274 e. The molecule has 0 saturated heterocycles. The van der Waals surface area contributed by atoms with Gasteiger partial charge in [-0.3, -0.25) is 4.79 Å². The van der Waals surface area contributed by atoms with Gasteiger partial charge in [-0.25, -0.2) is 4.39 Å². The van der Waals surface area contributed by atoms with E-state index in [-0.39, 0.29) is 17.4 Å². The summed E-state index contributed by atoms with van der Waals surface area (Å²) in [6.45, 7) is 0. The van der Waals surface area contributed by atoms with Crippen LogP contribution in [0.1, 0.15) is 27.0 Å². The summed E-state index contributed by atoms with van der Waals surface area (Å²) in [6.07, 6.45) is 0. The van der Waals surface area contributed by atoms with Gasteiger partial charge in [-0.2, -0.15) is 0 Å². The van der Waals surface area contributed by atoms with Crippen molar-refractivity contribution in [1.82, 2.24) is 10.5 Å². The van der Waals surface area contributed by atoms with Crippen molar-refractivity contribution in [2.24, 2.45) is 0 Å².